The molecule has 6 heteroatoms. The van der Waals surface area contributed by atoms with E-state index in [1.54, 1.807) is 6.92 Å². The van der Waals surface area contributed by atoms with Crippen LogP contribution in [0.15, 0.2) is 18.3 Å². The van der Waals surface area contributed by atoms with Crippen LogP contribution in [0, 0.1) is 0 Å². The first-order valence-electron chi connectivity index (χ1n) is 4.34. The van der Waals surface area contributed by atoms with E-state index in [9.17, 15) is 13.2 Å². The fraction of sp³-hybridized carbons (Fsp3) is 0.444. The second-order valence-electron chi connectivity index (χ2n) is 3.16. The predicted octanol–water partition coefficient (Wildman–Crippen LogP) is 1.89. The molecule has 0 aliphatic heterocycles. The Labute approximate surface area is 85.0 Å². The van der Waals surface area contributed by atoms with E-state index in [-0.39, 0.29) is 18.5 Å². The number of rotatable bonds is 3. The van der Waals surface area contributed by atoms with E-state index < -0.39 is 11.7 Å². The van der Waals surface area contributed by atoms with Crippen LogP contribution >= 0.6 is 0 Å². The molecule has 3 nitrogen and oxygen atoms in total. The fourth-order valence-electron chi connectivity index (χ4n) is 0.984. The van der Waals surface area contributed by atoms with Crippen LogP contribution in [0.1, 0.15) is 12.5 Å². The summed E-state index contributed by atoms with van der Waals surface area (Å²) in [7, 11) is 0. The second-order valence-corrected chi connectivity index (χ2v) is 3.16. The van der Waals surface area contributed by atoms with Gasteiger partial charge in [0.2, 0.25) is 0 Å². The average Bonchev–Trinajstić information content (AvgIpc) is 2.17. The normalized spacial score (nSPS) is 13.7. The lowest BCUT2D eigenvalue weighted by molar-refractivity contribution is -0.137. The number of halogens is 3. The first-order chi connectivity index (χ1) is 6.93. The predicted molar refractivity (Wildman–Crippen MR) is 49.4 cm³/mol. The molecule has 1 unspecified atom stereocenters. The maximum Gasteiger partial charge on any atom is 0.416 e. The van der Waals surface area contributed by atoms with Crippen LogP contribution in [0.3, 0.4) is 0 Å². The molecule has 1 rings (SSSR count). The molecule has 1 aromatic heterocycles. The van der Waals surface area contributed by atoms with Crippen LogP contribution in [-0.2, 0) is 6.18 Å². The molecule has 0 aliphatic carbocycles. The molecular formula is C9H11F3N2O. The molecule has 2 N–H and O–H groups in total. The van der Waals surface area contributed by atoms with Gasteiger partial charge in [-0.25, -0.2) is 4.98 Å². The molecule has 1 heterocycles. The molecule has 0 spiro atoms. The zero-order chi connectivity index (χ0) is 11.5. The van der Waals surface area contributed by atoms with Gasteiger partial charge < -0.3 is 10.4 Å². The molecule has 1 atom stereocenters. The van der Waals surface area contributed by atoms with Gasteiger partial charge in [0.05, 0.1) is 12.2 Å². The van der Waals surface area contributed by atoms with E-state index in [2.05, 4.69) is 10.3 Å². The minimum Gasteiger partial charge on any atom is -0.394 e. The van der Waals surface area contributed by atoms with Gasteiger partial charge in [-0.15, -0.1) is 0 Å². The van der Waals surface area contributed by atoms with Crippen molar-refractivity contribution in [2.45, 2.75) is 19.1 Å². The molecule has 0 saturated carbocycles. The highest BCUT2D eigenvalue weighted by molar-refractivity contribution is 5.39. The Morgan fingerprint density at radius 3 is 2.73 bits per heavy atom. The third-order valence-electron chi connectivity index (χ3n) is 1.76. The first-order valence-corrected chi connectivity index (χ1v) is 4.34. The van der Waals surface area contributed by atoms with Gasteiger partial charge in [-0.05, 0) is 19.1 Å². The molecule has 0 fully saturated rings. The van der Waals surface area contributed by atoms with E-state index in [1.807, 2.05) is 0 Å². The molecule has 0 aromatic carbocycles. The maximum atomic E-state index is 12.3. The van der Waals surface area contributed by atoms with Crippen LogP contribution < -0.4 is 5.32 Å². The highest BCUT2D eigenvalue weighted by atomic mass is 19.4. The van der Waals surface area contributed by atoms with Gasteiger partial charge in [0, 0.05) is 12.2 Å². The van der Waals surface area contributed by atoms with Crippen molar-refractivity contribution in [3.05, 3.63) is 23.9 Å². The van der Waals surface area contributed by atoms with E-state index in [0.29, 0.717) is 0 Å². The van der Waals surface area contributed by atoms with Crippen LogP contribution in [0.25, 0.3) is 0 Å². The van der Waals surface area contributed by atoms with E-state index >= 15 is 0 Å². The minimum atomic E-state index is -4.37. The van der Waals surface area contributed by atoms with Crippen molar-refractivity contribution >= 4 is 5.82 Å². The summed E-state index contributed by atoms with van der Waals surface area (Å²) in [6.45, 7) is 1.47. The largest absolute Gasteiger partial charge is 0.416 e. The molecule has 1 aromatic rings. The van der Waals surface area contributed by atoms with E-state index in [1.165, 1.54) is 0 Å². The van der Waals surface area contributed by atoms with Crippen molar-refractivity contribution in [2.24, 2.45) is 0 Å². The van der Waals surface area contributed by atoms with Crippen molar-refractivity contribution in [1.29, 1.82) is 0 Å². The summed E-state index contributed by atoms with van der Waals surface area (Å²) in [5.74, 6) is 0.103. The molecule has 0 radical (unpaired) electrons. The van der Waals surface area contributed by atoms with Gasteiger partial charge in [-0.1, -0.05) is 0 Å². The SMILES string of the molecule is CC(CO)Nc1cc(C(F)(F)F)ccn1. The van der Waals surface area contributed by atoms with Crippen LogP contribution in [0.4, 0.5) is 19.0 Å². The number of hydrogen-bond donors (Lipinski definition) is 2. The quantitative estimate of drug-likeness (QED) is 0.817. The van der Waals surface area contributed by atoms with E-state index in [4.69, 9.17) is 5.11 Å². The lowest BCUT2D eigenvalue weighted by Gasteiger charge is -2.13. The highest BCUT2D eigenvalue weighted by Crippen LogP contribution is 2.29. The van der Waals surface area contributed by atoms with Gasteiger partial charge in [-0.3, -0.25) is 0 Å². The van der Waals surface area contributed by atoms with Gasteiger partial charge in [0.15, 0.2) is 0 Å². The van der Waals surface area contributed by atoms with Gasteiger partial charge in [0.25, 0.3) is 0 Å². The summed E-state index contributed by atoms with van der Waals surface area (Å²) in [5, 5.41) is 11.4. The Morgan fingerprint density at radius 1 is 1.53 bits per heavy atom. The standard InChI is InChI=1S/C9H11F3N2O/c1-6(5-15)14-8-4-7(2-3-13-8)9(10,11)12/h2-4,6,15H,5H2,1H3,(H,13,14). The van der Waals surface area contributed by atoms with Gasteiger partial charge >= 0.3 is 6.18 Å². The van der Waals surface area contributed by atoms with Crippen molar-refractivity contribution in [3.63, 3.8) is 0 Å². The summed E-state index contributed by atoms with van der Waals surface area (Å²) in [6.07, 6.45) is -3.29. The van der Waals surface area contributed by atoms with Gasteiger partial charge in [-0.2, -0.15) is 13.2 Å². The van der Waals surface area contributed by atoms with Crippen molar-refractivity contribution < 1.29 is 18.3 Å². The van der Waals surface area contributed by atoms with Crippen molar-refractivity contribution in [2.75, 3.05) is 11.9 Å². The van der Waals surface area contributed by atoms with Crippen LogP contribution in [0.2, 0.25) is 0 Å². The van der Waals surface area contributed by atoms with Gasteiger partial charge in [0.1, 0.15) is 5.82 Å². The van der Waals surface area contributed by atoms with Crippen molar-refractivity contribution in [3.8, 4) is 0 Å². The Bertz CT molecular complexity index is 327. The average molecular weight is 220 g/mol. The summed E-state index contributed by atoms with van der Waals surface area (Å²) in [6, 6.07) is 1.47. The maximum absolute atomic E-state index is 12.3. The monoisotopic (exact) mass is 220 g/mol. The summed E-state index contributed by atoms with van der Waals surface area (Å²) in [4.78, 5) is 3.72. The summed E-state index contributed by atoms with van der Waals surface area (Å²) >= 11 is 0. The van der Waals surface area contributed by atoms with E-state index in [0.717, 1.165) is 18.3 Å². The first kappa shape index (κ1) is 11.8. The molecule has 0 saturated heterocycles. The lowest BCUT2D eigenvalue weighted by Crippen LogP contribution is -2.20. The third-order valence-corrected chi connectivity index (χ3v) is 1.76. The topological polar surface area (TPSA) is 45.1 Å². The molecule has 0 aliphatic rings. The zero-order valence-electron chi connectivity index (χ0n) is 8.04. The minimum absolute atomic E-state index is 0.103. The number of pyridine rings is 1. The number of aromatic nitrogens is 1. The highest BCUT2D eigenvalue weighted by Gasteiger charge is 2.30. The Kier molecular flexibility index (Phi) is 3.52. The summed E-state index contributed by atoms with van der Waals surface area (Å²) in [5.41, 5.74) is -0.759. The number of nitrogens with zero attached hydrogens (tertiary/aromatic N) is 1. The number of nitrogens with one attached hydrogen (secondary N) is 1. The second kappa shape index (κ2) is 4.48. The Morgan fingerprint density at radius 2 is 2.20 bits per heavy atom. The molecule has 84 valence electrons. The van der Waals surface area contributed by atoms with Crippen LogP contribution in [0.5, 0.6) is 0 Å². The molecule has 0 bridgehead atoms. The Balaban J connectivity index is 2.84. The summed E-state index contributed by atoms with van der Waals surface area (Å²) < 4.78 is 36.8. The van der Waals surface area contributed by atoms with Crippen LogP contribution in [-0.4, -0.2) is 22.7 Å². The molecular weight excluding hydrogens is 209 g/mol. The molecule has 0 amide bonds. The number of hydrogen-bond acceptors (Lipinski definition) is 3. The Hall–Kier alpha value is -1.30. The number of anilines is 1. The third kappa shape index (κ3) is 3.39. The lowest BCUT2D eigenvalue weighted by atomic mass is 10.2. The molecule has 15 heavy (non-hydrogen) atoms. The number of aliphatic hydroxyl groups is 1. The fourth-order valence-corrected chi connectivity index (χ4v) is 0.984. The number of aliphatic hydroxyl groups excluding tert-OH is 1. The number of alkyl halides is 3. The zero-order valence-corrected chi connectivity index (χ0v) is 8.04. The van der Waals surface area contributed by atoms with Crippen molar-refractivity contribution in [1.82, 2.24) is 4.98 Å². The smallest absolute Gasteiger partial charge is 0.394 e.